The van der Waals surface area contributed by atoms with Crippen LogP contribution in [0.5, 0.6) is 0 Å². The zero-order valence-corrected chi connectivity index (χ0v) is 18.4. The molecule has 1 unspecified atom stereocenters. The molecule has 0 aliphatic rings. The van der Waals surface area contributed by atoms with Crippen molar-refractivity contribution in [3.05, 3.63) is 63.7 Å². The Morgan fingerprint density at radius 2 is 1.77 bits per heavy atom. The first-order chi connectivity index (χ1) is 13.7. The lowest BCUT2D eigenvalue weighted by Gasteiger charge is -2.24. The number of alkyl halides is 3. The third-order valence-corrected chi connectivity index (χ3v) is 6.11. The quantitative estimate of drug-likeness (QED) is 0.681. The predicted molar refractivity (Wildman–Crippen MR) is 111 cm³/mol. The van der Waals surface area contributed by atoms with Gasteiger partial charge in [0.2, 0.25) is 15.9 Å². The Morgan fingerprint density at radius 3 is 2.30 bits per heavy atom. The molecule has 2 aromatic rings. The van der Waals surface area contributed by atoms with Gasteiger partial charge in [-0.05, 0) is 55.7 Å². The number of nitrogens with zero attached hydrogens (tertiary/aromatic N) is 1. The van der Waals surface area contributed by atoms with Gasteiger partial charge in [-0.2, -0.15) is 13.2 Å². The molecule has 0 aromatic heterocycles. The molecule has 0 bridgehead atoms. The van der Waals surface area contributed by atoms with Crippen molar-refractivity contribution in [3.8, 4) is 0 Å². The fraction of sp³-hybridized carbons (Fsp3) is 0.350. The second-order valence-corrected chi connectivity index (χ2v) is 9.38. The third-order valence-electron chi connectivity index (χ3n) is 4.64. The Balaban J connectivity index is 2.27. The van der Waals surface area contributed by atoms with Gasteiger partial charge in [-0.25, -0.2) is 8.42 Å². The summed E-state index contributed by atoms with van der Waals surface area (Å²) in [7, 11) is -4.04. The first-order valence-electron chi connectivity index (χ1n) is 8.91. The molecule has 30 heavy (non-hydrogen) atoms. The number of carbonyl (C=O) groups is 1. The Bertz CT molecular complexity index is 1060. The molecule has 2 aromatic carbocycles. The molecule has 0 heterocycles. The van der Waals surface area contributed by atoms with Crippen LogP contribution in [-0.2, 0) is 21.0 Å². The average molecular weight is 463 g/mol. The number of halogens is 4. The van der Waals surface area contributed by atoms with Crippen molar-refractivity contribution in [1.29, 1.82) is 0 Å². The molecule has 10 heteroatoms. The van der Waals surface area contributed by atoms with Crippen molar-refractivity contribution in [3.63, 3.8) is 0 Å². The van der Waals surface area contributed by atoms with Crippen LogP contribution < -0.4 is 9.62 Å². The van der Waals surface area contributed by atoms with E-state index in [-0.39, 0.29) is 5.69 Å². The molecular weight excluding hydrogens is 441 g/mol. The number of hydrogen-bond donors (Lipinski definition) is 1. The summed E-state index contributed by atoms with van der Waals surface area (Å²) >= 11 is 5.60. The maximum atomic E-state index is 13.1. The summed E-state index contributed by atoms with van der Waals surface area (Å²) in [4.78, 5) is 12.5. The zero-order chi connectivity index (χ0) is 22.9. The number of anilines is 1. The Kier molecular flexibility index (Phi) is 7.08. The summed E-state index contributed by atoms with van der Waals surface area (Å²) in [6, 6.07) is 7.92. The van der Waals surface area contributed by atoms with E-state index in [1.54, 1.807) is 6.92 Å². The summed E-state index contributed by atoms with van der Waals surface area (Å²) in [5, 5.41) is 2.12. The van der Waals surface area contributed by atoms with Gasteiger partial charge in [-0.3, -0.25) is 9.10 Å². The van der Waals surface area contributed by atoms with Crippen molar-refractivity contribution in [2.45, 2.75) is 33.0 Å². The van der Waals surface area contributed by atoms with Crippen molar-refractivity contribution in [2.24, 2.45) is 0 Å². The number of amides is 1. The van der Waals surface area contributed by atoms with Crippen LogP contribution in [-0.4, -0.2) is 27.1 Å². The molecule has 0 aliphatic heterocycles. The SMILES string of the molecule is Cc1ccc(C(C)NC(=O)CN(c2ccc(Cl)c(C(F)(F)F)c2)S(C)(=O)=O)cc1C. The Morgan fingerprint density at radius 1 is 1.13 bits per heavy atom. The molecule has 0 spiro atoms. The van der Waals surface area contributed by atoms with E-state index in [9.17, 15) is 26.4 Å². The largest absolute Gasteiger partial charge is 0.417 e. The van der Waals surface area contributed by atoms with Crippen LogP contribution in [0.4, 0.5) is 18.9 Å². The van der Waals surface area contributed by atoms with Gasteiger partial charge in [0.25, 0.3) is 0 Å². The number of nitrogens with one attached hydrogen (secondary N) is 1. The molecular formula is C20H22ClF3N2O3S. The predicted octanol–water partition coefficient (Wildman–Crippen LogP) is 4.62. The van der Waals surface area contributed by atoms with Gasteiger partial charge in [-0.15, -0.1) is 0 Å². The van der Waals surface area contributed by atoms with E-state index in [1.165, 1.54) is 0 Å². The van der Waals surface area contributed by atoms with Crippen LogP contribution in [0.25, 0.3) is 0 Å². The topological polar surface area (TPSA) is 66.5 Å². The number of carbonyl (C=O) groups excluding carboxylic acids is 1. The van der Waals surface area contributed by atoms with Crippen LogP contribution in [0.15, 0.2) is 36.4 Å². The summed E-state index contributed by atoms with van der Waals surface area (Å²) in [6.45, 7) is 4.94. The molecule has 0 fully saturated rings. The van der Waals surface area contributed by atoms with E-state index in [4.69, 9.17) is 11.6 Å². The number of benzene rings is 2. The third kappa shape index (κ3) is 5.89. The zero-order valence-electron chi connectivity index (χ0n) is 16.8. The molecule has 2 rings (SSSR count). The minimum absolute atomic E-state index is 0.303. The maximum Gasteiger partial charge on any atom is 0.417 e. The maximum absolute atomic E-state index is 13.1. The number of aryl methyl sites for hydroxylation is 2. The van der Waals surface area contributed by atoms with E-state index < -0.39 is 45.3 Å². The monoisotopic (exact) mass is 462 g/mol. The lowest BCUT2D eigenvalue weighted by atomic mass is 10.0. The van der Waals surface area contributed by atoms with E-state index in [0.717, 1.165) is 35.1 Å². The summed E-state index contributed by atoms with van der Waals surface area (Å²) in [6.07, 6.45) is -3.95. The van der Waals surface area contributed by atoms with Gasteiger partial charge in [0.05, 0.1) is 28.6 Å². The van der Waals surface area contributed by atoms with Crippen LogP contribution in [0.2, 0.25) is 5.02 Å². The Hall–Kier alpha value is -2.26. The van der Waals surface area contributed by atoms with Gasteiger partial charge in [-0.1, -0.05) is 29.8 Å². The first-order valence-corrected chi connectivity index (χ1v) is 11.1. The highest BCUT2D eigenvalue weighted by molar-refractivity contribution is 7.92. The molecule has 1 amide bonds. The molecule has 0 saturated carbocycles. The average Bonchev–Trinajstić information content (AvgIpc) is 2.60. The van der Waals surface area contributed by atoms with E-state index in [2.05, 4.69) is 5.32 Å². The van der Waals surface area contributed by atoms with E-state index in [1.807, 2.05) is 32.0 Å². The molecule has 1 atom stereocenters. The standard InChI is InChI=1S/C20H22ClF3N2O3S/c1-12-5-6-15(9-13(12)2)14(3)25-19(27)11-26(30(4,28)29)16-7-8-18(21)17(10-16)20(22,23)24/h5-10,14H,11H2,1-4H3,(H,25,27). The second-order valence-electron chi connectivity index (χ2n) is 7.06. The molecule has 0 saturated heterocycles. The summed E-state index contributed by atoms with van der Waals surface area (Å²) in [5.41, 5.74) is 1.46. The minimum Gasteiger partial charge on any atom is -0.348 e. The van der Waals surface area contributed by atoms with Gasteiger partial charge in [0.15, 0.2) is 0 Å². The molecule has 0 aliphatic carbocycles. The first kappa shape index (κ1) is 24.0. The van der Waals surface area contributed by atoms with Crippen LogP contribution in [0.1, 0.15) is 35.2 Å². The van der Waals surface area contributed by atoms with Crippen LogP contribution in [0, 0.1) is 13.8 Å². The molecule has 1 N–H and O–H groups in total. The molecule has 5 nitrogen and oxygen atoms in total. The highest BCUT2D eigenvalue weighted by Crippen LogP contribution is 2.37. The summed E-state index contributed by atoms with van der Waals surface area (Å²) < 4.78 is 64.4. The fourth-order valence-corrected chi connectivity index (χ4v) is 3.89. The number of sulfonamides is 1. The van der Waals surface area contributed by atoms with Crippen molar-refractivity contribution in [2.75, 3.05) is 17.1 Å². The number of hydrogen-bond acceptors (Lipinski definition) is 3. The fourth-order valence-electron chi connectivity index (χ4n) is 2.82. The van der Waals surface area contributed by atoms with Gasteiger partial charge in [0, 0.05) is 0 Å². The normalized spacial score (nSPS) is 13.1. The number of rotatable bonds is 6. The van der Waals surface area contributed by atoms with Crippen LogP contribution in [0.3, 0.4) is 0 Å². The molecule has 0 radical (unpaired) electrons. The molecule has 164 valence electrons. The van der Waals surface area contributed by atoms with Crippen molar-refractivity contribution < 1.29 is 26.4 Å². The van der Waals surface area contributed by atoms with Crippen molar-refractivity contribution in [1.82, 2.24) is 5.32 Å². The Labute approximate surface area is 178 Å². The van der Waals surface area contributed by atoms with Crippen molar-refractivity contribution >= 4 is 33.2 Å². The summed E-state index contributed by atoms with van der Waals surface area (Å²) in [5.74, 6) is -0.658. The second kappa shape index (κ2) is 8.85. The van der Waals surface area contributed by atoms with E-state index >= 15 is 0 Å². The van der Waals surface area contributed by atoms with E-state index in [0.29, 0.717) is 10.4 Å². The highest BCUT2D eigenvalue weighted by Gasteiger charge is 2.34. The lowest BCUT2D eigenvalue weighted by Crippen LogP contribution is -2.41. The van der Waals surface area contributed by atoms with Gasteiger partial charge in [0.1, 0.15) is 6.54 Å². The van der Waals surface area contributed by atoms with Crippen LogP contribution >= 0.6 is 11.6 Å². The van der Waals surface area contributed by atoms with Gasteiger partial charge >= 0.3 is 6.18 Å². The minimum atomic E-state index is -4.77. The van der Waals surface area contributed by atoms with Gasteiger partial charge < -0.3 is 5.32 Å². The smallest absolute Gasteiger partial charge is 0.348 e. The lowest BCUT2D eigenvalue weighted by molar-refractivity contribution is -0.137. The highest BCUT2D eigenvalue weighted by atomic mass is 35.5.